The van der Waals surface area contributed by atoms with Gasteiger partial charge in [0.05, 0.1) is 9.09 Å². The lowest BCUT2D eigenvalue weighted by Gasteiger charge is -2.20. The standard InChI is InChI=1S/C19H20N2O2S2/c1-11(22)12-3-2-4-14(9-12)24-18-8-7-17(25-18)19(23)21-16-10-13-5-6-15(16)20-13/h2-4,7-9,13,15-16,20H,5-6,10H2,1H3,(H,21,23)/t13-,15+,16-/m1/s1. The van der Waals surface area contributed by atoms with E-state index in [-0.39, 0.29) is 17.7 Å². The molecule has 2 bridgehead atoms. The third-order valence-electron chi connectivity index (χ3n) is 4.88. The predicted molar refractivity (Wildman–Crippen MR) is 101 cm³/mol. The van der Waals surface area contributed by atoms with Crippen LogP contribution in [0.25, 0.3) is 0 Å². The summed E-state index contributed by atoms with van der Waals surface area (Å²) in [5.74, 6) is 0.0851. The SMILES string of the molecule is CC(=O)c1cccc(Sc2ccc(C(=O)N[C@@H]3C[C@H]4CC[C@@H]3N4)s2)c1. The maximum Gasteiger partial charge on any atom is 0.261 e. The molecule has 0 spiro atoms. The van der Waals surface area contributed by atoms with Crippen LogP contribution in [0.1, 0.15) is 46.2 Å². The van der Waals surface area contributed by atoms with Crippen LogP contribution >= 0.6 is 23.1 Å². The maximum atomic E-state index is 12.5. The Balaban J connectivity index is 1.40. The first-order valence-corrected chi connectivity index (χ1v) is 10.2. The molecule has 2 aromatic rings. The van der Waals surface area contributed by atoms with Gasteiger partial charge in [0.15, 0.2) is 5.78 Å². The second kappa shape index (κ2) is 6.94. The molecule has 4 rings (SSSR count). The molecule has 2 N–H and O–H groups in total. The van der Waals surface area contributed by atoms with E-state index in [1.165, 1.54) is 17.8 Å². The Morgan fingerprint density at radius 3 is 2.84 bits per heavy atom. The topological polar surface area (TPSA) is 58.2 Å². The van der Waals surface area contributed by atoms with Crippen molar-refractivity contribution in [1.82, 2.24) is 10.6 Å². The molecule has 6 heteroatoms. The summed E-state index contributed by atoms with van der Waals surface area (Å²) in [5, 5.41) is 6.73. The van der Waals surface area contributed by atoms with E-state index in [1.54, 1.807) is 18.7 Å². The number of fused-ring (bicyclic) bond motifs is 2. The van der Waals surface area contributed by atoms with Gasteiger partial charge in [-0.05, 0) is 50.5 Å². The van der Waals surface area contributed by atoms with Crippen molar-refractivity contribution < 1.29 is 9.59 Å². The largest absolute Gasteiger partial charge is 0.347 e. The summed E-state index contributed by atoms with van der Waals surface area (Å²) >= 11 is 3.09. The molecule has 0 aliphatic carbocycles. The number of ketones is 1. The Bertz CT molecular complexity index is 817. The fourth-order valence-corrected chi connectivity index (χ4v) is 5.68. The van der Waals surface area contributed by atoms with E-state index in [0.717, 1.165) is 26.8 Å². The maximum absolute atomic E-state index is 12.5. The Morgan fingerprint density at radius 2 is 2.12 bits per heavy atom. The molecule has 2 aliphatic heterocycles. The summed E-state index contributed by atoms with van der Waals surface area (Å²) in [7, 11) is 0. The summed E-state index contributed by atoms with van der Waals surface area (Å²) < 4.78 is 1.05. The highest BCUT2D eigenvalue weighted by Crippen LogP contribution is 2.34. The molecule has 3 atom stereocenters. The third kappa shape index (κ3) is 3.66. The van der Waals surface area contributed by atoms with E-state index < -0.39 is 0 Å². The number of benzene rings is 1. The molecule has 25 heavy (non-hydrogen) atoms. The Hall–Kier alpha value is -1.63. The van der Waals surface area contributed by atoms with E-state index in [4.69, 9.17) is 0 Å². The summed E-state index contributed by atoms with van der Waals surface area (Å²) in [6.45, 7) is 1.57. The van der Waals surface area contributed by atoms with E-state index in [2.05, 4.69) is 10.6 Å². The molecule has 1 aromatic carbocycles. The van der Waals surface area contributed by atoms with Gasteiger partial charge in [-0.15, -0.1) is 11.3 Å². The number of Topliss-reactive ketones (excluding diaryl/α,β-unsaturated/α-hetero) is 1. The van der Waals surface area contributed by atoms with Crippen molar-refractivity contribution in [2.45, 2.75) is 53.4 Å². The van der Waals surface area contributed by atoms with Gasteiger partial charge in [-0.1, -0.05) is 23.9 Å². The first kappa shape index (κ1) is 16.8. The van der Waals surface area contributed by atoms with Gasteiger partial charge >= 0.3 is 0 Å². The van der Waals surface area contributed by atoms with Gasteiger partial charge < -0.3 is 10.6 Å². The van der Waals surface area contributed by atoms with Crippen molar-refractivity contribution in [2.75, 3.05) is 0 Å². The molecule has 2 saturated heterocycles. The van der Waals surface area contributed by atoms with Crippen LogP contribution in [0.5, 0.6) is 0 Å². The second-order valence-corrected chi connectivity index (χ2v) is 9.13. The highest BCUT2D eigenvalue weighted by Gasteiger charge is 2.39. The minimum absolute atomic E-state index is 0.0219. The highest BCUT2D eigenvalue weighted by atomic mass is 32.2. The fourth-order valence-electron chi connectivity index (χ4n) is 3.61. The van der Waals surface area contributed by atoms with Crippen LogP contribution in [0, 0.1) is 0 Å². The van der Waals surface area contributed by atoms with E-state index in [0.29, 0.717) is 17.6 Å². The zero-order chi connectivity index (χ0) is 17.4. The zero-order valence-electron chi connectivity index (χ0n) is 14.0. The third-order valence-corrected chi connectivity index (χ3v) is 7.09. The van der Waals surface area contributed by atoms with Crippen molar-refractivity contribution in [3.8, 4) is 0 Å². The minimum Gasteiger partial charge on any atom is -0.347 e. The van der Waals surface area contributed by atoms with Gasteiger partial charge in [0, 0.05) is 28.6 Å². The van der Waals surface area contributed by atoms with Crippen molar-refractivity contribution in [2.24, 2.45) is 0 Å². The summed E-state index contributed by atoms with van der Waals surface area (Å²) in [4.78, 5) is 25.8. The quantitative estimate of drug-likeness (QED) is 0.786. The lowest BCUT2D eigenvalue weighted by Crippen LogP contribution is -2.42. The van der Waals surface area contributed by atoms with Gasteiger partial charge in [-0.25, -0.2) is 0 Å². The van der Waals surface area contributed by atoms with Crippen LogP contribution in [0.2, 0.25) is 0 Å². The van der Waals surface area contributed by atoms with Gasteiger partial charge in [-0.2, -0.15) is 0 Å². The average Bonchev–Trinajstić information content (AvgIpc) is 3.31. The molecule has 2 aliphatic rings. The molecule has 4 nitrogen and oxygen atoms in total. The molecule has 2 fully saturated rings. The smallest absolute Gasteiger partial charge is 0.261 e. The Morgan fingerprint density at radius 1 is 1.24 bits per heavy atom. The van der Waals surface area contributed by atoms with Crippen molar-refractivity contribution in [3.63, 3.8) is 0 Å². The number of amides is 1. The van der Waals surface area contributed by atoms with Crippen molar-refractivity contribution in [3.05, 3.63) is 46.8 Å². The second-order valence-electron chi connectivity index (χ2n) is 6.67. The molecule has 1 amide bonds. The summed E-state index contributed by atoms with van der Waals surface area (Å²) in [5.41, 5.74) is 0.711. The first-order chi connectivity index (χ1) is 12.1. The Labute approximate surface area is 155 Å². The molecule has 0 saturated carbocycles. The molecular weight excluding hydrogens is 352 g/mol. The van der Waals surface area contributed by atoms with Gasteiger partial charge in [0.25, 0.3) is 5.91 Å². The number of carbonyl (C=O) groups is 2. The van der Waals surface area contributed by atoms with E-state index >= 15 is 0 Å². The molecular formula is C19H20N2O2S2. The van der Waals surface area contributed by atoms with Gasteiger partial charge in [0.2, 0.25) is 0 Å². The minimum atomic E-state index is 0.0219. The molecule has 130 valence electrons. The molecule has 0 radical (unpaired) electrons. The van der Waals surface area contributed by atoms with Crippen molar-refractivity contribution >= 4 is 34.8 Å². The lowest BCUT2D eigenvalue weighted by molar-refractivity contribution is 0.0934. The number of thiophene rings is 1. The lowest BCUT2D eigenvalue weighted by atomic mass is 9.95. The normalized spacial score (nSPS) is 24.4. The molecule has 3 heterocycles. The number of carbonyl (C=O) groups excluding carboxylic acids is 2. The zero-order valence-corrected chi connectivity index (χ0v) is 15.6. The van der Waals surface area contributed by atoms with Crippen LogP contribution in [0.15, 0.2) is 45.5 Å². The van der Waals surface area contributed by atoms with Crippen LogP contribution < -0.4 is 10.6 Å². The van der Waals surface area contributed by atoms with E-state index in [9.17, 15) is 9.59 Å². The van der Waals surface area contributed by atoms with Crippen LogP contribution in [0.3, 0.4) is 0 Å². The molecule has 1 aromatic heterocycles. The number of hydrogen-bond donors (Lipinski definition) is 2. The monoisotopic (exact) mass is 372 g/mol. The number of hydrogen-bond acceptors (Lipinski definition) is 5. The number of nitrogens with one attached hydrogen (secondary N) is 2. The summed E-state index contributed by atoms with van der Waals surface area (Å²) in [6.07, 6.45) is 3.44. The fraction of sp³-hybridized carbons (Fsp3) is 0.368. The van der Waals surface area contributed by atoms with Crippen LogP contribution in [-0.2, 0) is 0 Å². The summed E-state index contributed by atoms with van der Waals surface area (Å²) in [6, 6.07) is 12.7. The van der Waals surface area contributed by atoms with Gasteiger partial charge in [0.1, 0.15) is 0 Å². The van der Waals surface area contributed by atoms with E-state index in [1.807, 2.05) is 36.4 Å². The average molecular weight is 373 g/mol. The molecule has 0 unspecified atom stereocenters. The van der Waals surface area contributed by atoms with Crippen LogP contribution in [-0.4, -0.2) is 29.8 Å². The first-order valence-electron chi connectivity index (χ1n) is 8.54. The van der Waals surface area contributed by atoms with Crippen molar-refractivity contribution in [1.29, 1.82) is 0 Å². The Kier molecular flexibility index (Phi) is 4.67. The van der Waals surface area contributed by atoms with Gasteiger partial charge in [-0.3, -0.25) is 9.59 Å². The highest BCUT2D eigenvalue weighted by molar-refractivity contribution is 8.01. The van der Waals surface area contributed by atoms with Crippen LogP contribution in [0.4, 0.5) is 0 Å². The predicted octanol–water partition coefficient (Wildman–Crippen LogP) is 3.72. The number of rotatable bonds is 5.